The quantitative estimate of drug-likeness (QED) is 0.219. The van der Waals surface area contributed by atoms with Crippen molar-refractivity contribution in [3.8, 4) is 16.9 Å². The summed E-state index contributed by atoms with van der Waals surface area (Å²) in [6.45, 7) is 6.36. The number of ether oxygens (including phenoxy) is 3. The van der Waals surface area contributed by atoms with E-state index < -0.39 is 17.7 Å². The molecule has 1 aliphatic rings. The molecule has 5 rings (SSSR count). The molecule has 4 aromatic rings. The van der Waals surface area contributed by atoms with Gasteiger partial charge in [0.25, 0.3) is 11.5 Å². The van der Waals surface area contributed by atoms with E-state index in [9.17, 15) is 19.2 Å². The summed E-state index contributed by atoms with van der Waals surface area (Å²) in [5, 5.41) is 3.48. The number of methoxy groups -OCH3 is 1. The normalized spacial score (nSPS) is 14.6. The lowest BCUT2D eigenvalue weighted by molar-refractivity contribution is -0.144. The van der Waals surface area contributed by atoms with Crippen LogP contribution in [0.25, 0.3) is 22.0 Å². The highest BCUT2D eigenvalue weighted by molar-refractivity contribution is 5.96. The fourth-order valence-corrected chi connectivity index (χ4v) is 5.73. The van der Waals surface area contributed by atoms with Crippen LogP contribution in [-0.2, 0) is 20.8 Å². The highest BCUT2D eigenvalue weighted by Gasteiger charge is 2.30. The number of aromatic nitrogens is 1. The third-order valence-electron chi connectivity index (χ3n) is 8.02. The van der Waals surface area contributed by atoms with Crippen LogP contribution in [-0.4, -0.2) is 65.9 Å². The van der Waals surface area contributed by atoms with Crippen molar-refractivity contribution >= 4 is 28.9 Å². The maximum atomic E-state index is 13.5. The predicted molar refractivity (Wildman–Crippen MR) is 180 cm³/mol. The first-order chi connectivity index (χ1) is 22.5. The summed E-state index contributed by atoms with van der Waals surface area (Å²) in [6, 6.07) is 24.3. The Morgan fingerprint density at radius 1 is 0.957 bits per heavy atom. The Morgan fingerprint density at radius 2 is 1.70 bits per heavy atom. The molecule has 47 heavy (non-hydrogen) atoms. The van der Waals surface area contributed by atoms with Crippen molar-refractivity contribution in [1.82, 2.24) is 14.8 Å². The molecule has 1 aromatic heterocycles. The van der Waals surface area contributed by atoms with E-state index in [1.807, 2.05) is 60.7 Å². The highest BCUT2D eigenvalue weighted by Crippen LogP contribution is 2.30. The topological polar surface area (TPSA) is 116 Å². The number of carbonyl (C=O) groups is 3. The maximum Gasteiger partial charge on any atom is 0.407 e. The zero-order chi connectivity index (χ0) is 33.6. The Kier molecular flexibility index (Phi) is 10.3. The van der Waals surface area contributed by atoms with Gasteiger partial charge in [-0.3, -0.25) is 14.4 Å². The van der Waals surface area contributed by atoms with E-state index in [-0.39, 0.29) is 37.1 Å². The number of hydrogen-bond acceptors (Lipinski definition) is 7. The maximum absolute atomic E-state index is 13.5. The summed E-state index contributed by atoms with van der Waals surface area (Å²) in [5.41, 5.74) is 3.19. The third kappa shape index (κ3) is 8.38. The minimum Gasteiger partial charge on any atom is -0.497 e. The lowest BCUT2D eigenvalue weighted by atomic mass is 10.0. The first-order valence-corrected chi connectivity index (χ1v) is 15.8. The summed E-state index contributed by atoms with van der Waals surface area (Å²) < 4.78 is 17.8. The van der Waals surface area contributed by atoms with E-state index in [0.717, 1.165) is 40.4 Å². The van der Waals surface area contributed by atoms with Gasteiger partial charge in [-0.25, -0.2) is 4.79 Å². The number of alkyl carbamates (subject to hydrolysis) is 1. The minimum atomic E-state index is -0.624. The second kappa shape index (κ2) is 14.5. The Morgan fingerprint density at radius 3 is 2.40 bits per heavy atom. The van der Waals surface area contributed by atoms with Gasteiger partial charge < -0.3 is 29.0 Å². The van der Waals surface area contributed by atoms with E-state index in [2.05, 4.69) is 5.32 Å². The summed E-state index contributed by atoms with van der Waals surface area (Å²) in [4.78, 5) is 52.7. The van der Waals surface area contributed by atoms with Gasteiger partial charge in [0.15, 0.2) is 0 Å². The molecular weight excluding hydrogens is 598 g/mol. The van der Waals surface area contributed by atoms with E-state index in [0.29, 0.717) is 24.4 Å². The van der Waals surface area contributed by atoms with Crippen LogP contribution in [0.3, 0.4) is 0 Å². The molecule has 2 amide bonds. The van der Waals surface area contributed by atoms with Crippen molar-refractivity contribution in [1.29, 1.82) is 0 Å². The number of rotatable bonds is 10. The van der Waals surface area contributed by atoms with Gasteiger partial charge in [-0.2, -0.15) is 0 Å². The lowest BCUT2D eigenvalue weighted by Crippen LogP contribution is -2.39. The van der Waals surface area contributed by atoms with E-state index in [1.165, 1.54) is 0 Å². The standard InChI is InChI=1S/C37H41N3O7/c1-37(2,3)47-36(44)38-19-18-34(42)46-24-28-11-8-20-39(28)35(43)27-14-12-25(13-15-27)23-40-32-21-29(45-4)16-17-30(32)31(22-33(40)41)26-9-6-5-7-10-26/h5-7,9-10,12-17,21-22,28H,8,11,18-20,23-24H2,1-4H3,(H,38,44)/t28-/m0/s1. The zero-order valence-corrected chi connectivity index (χ0v) is 27.3. The van der Waals surface area contributed by atoms with Crippen LogP contribution in [0.5, 0.6) is 5.75 Å². The van der Waals surface area contributed by atoms with Crippen LogP contribution >= 0.6 is 0 Å². The fraction of sp³-hybridized carbons (Fsp3) is 0.351. The third-order valence-corrected chi connectivity index (χ3v) is 8.02. The minimum absolute atomic E-state index is 0.00150. The predicted octanol–water partition coefficient (Wildman–Crippen LogP) is 5.79. The summed E-state index contributed by atoms with van der Waals surface area (Å²) in [6.07, 6.45) is 0.947. The highest BCUT2D eigenvalue weighted by atomic mass is 16.6. The number of pyridine rings is 1. The summed E-state index contributed by atoms with van der Waals surface area (Å²) in [5.74, 6) is 0.0586. The average Bonchev–Trinajstić information content (AvgIpc) is 3.53. The molecule has 10 nitrogen and oxygen atoms in total. The Bertz CT molecular complexity index is 1790. The molecule has 1 fully saturated rings. The largest absolute Gasteiger partial charge is 0.497 e. The van der Waals surface area contributed by atoms with Crippen molar-refractivity contribution in [2.45, 2.75) is 58.2 Å². The molecule has 246 valence electrons. The van der Waals surface area contributed by atoms with Crippen LogP contribution in [0.15, 0.2) is 83.7 Å². The molecule has 0 spiro atoms. The van der Waals surface area contributed by atoms with Crippen LogP contribution in [0.2, 0.25) is 0 Å². The molecular formula is C37H41N3O7. The molecule has 2 heterocycles. The number of hydrogen-bond donors (Lipinski definition) is 1. The molecule has 1 N–H and O–H groups in total. The fourth-order valence-electron chi connectivity index (χ4n) is 5.73. The molecule has 0 unspecified atom stereocenters. The lowest BCUT2D eigenvalue weighted by Gasteiger charge is -2.24. The van der Waals surface area contributed by atoms with Gasteiger partial charge >= 0.3 is 12.1 Å². The first kappa shape index (κ1) is 33.2. The Balaban J connectivity index is 1.23. The molecule has 10 heteroatoms. The average molecular weight is 640 g/mol. The number of nitrogens with one attached hydrogen (secondary N) is 1. The van der Waals surface area contributed by atoms with Gasteiger partial charge in [-0.05, 0) is 74.6 Å². The van der Waals surface area contributed by atoms with Crippen molar-refractivity contribution in [2.24, 2.45) is 0 Å². The smallest absolute Gasteiger partial charge is 0.407 e. The molecule has 0 radical (unpaired) electrons. The molecule has 1 saturated heterocycles. The van der Waals surface area contributed by atoms with Gasteiger partial charge in [-0.15, -0.1) is 0 Å². The molecule has 1 aliphatic heterocycles. The number of esters is 1. The van der Waals surface area contributed by atoms with E-state index in [1.54, 1.807) is 55.5 Å². The second-order valence-corrected chi connectivity index (χ2v) is 12.6. The van der Waals surface area contributed by atoms with Gasteiger partial charge in [0.1, 0.15) is 18.0 Å². The van der Waals surface area contributed by atoms with Crippen LogP contribution in [0, 0.1) is 0 Å². The first-order valence-electron chi connectivity index (χ1n) is 15.8. The van der Waals surface area contributed by atoms with Gasteiger partial charge in [-0.1, -0.05) is 42.5 Å². The molecule has 1 atom stereocenters. The van der Waals surface area contributed by atoms with Crippen molar-refractivity contribution < 1.29 is 28.6 Å². The van der Waals surface area contributed by atoms with Gasteiger partial charge in [0, 0.05) is 36.2 Å². The van der Waals surface area contributed by atoms with E-state index in [4.69, 9.17) is 14.2 Å². The second-order valence-electron chi connectivity index (χ2n) is 12.6. The number of carbonyl (C=O) groups excluding carboxylic acids is 3. The molecule has 0 bridgehead atoms. The van der Waals surface area contributed by atoms with Gasteiger partial charge in [0.05, 0.1) is 31.6 Å². The SMILES string of the molecule is COc1ccc2c(-c3ccccc3)cc(=O)n(Cc3ccc(C(=O)N4CCC[C@H]4COC(=O)CCNC(=O)OC(C)(C)C)cc3)c2c1. The summed E-state index contributed by atoms with van der Waals surface area (Å²) >= 11 is 0. The van der Waals surface area contributed by atoms with Gasteiger partial charge in [0.2, 0.25) is 0 Å². The Labute approximate surface area is 274 Å². The van der Waals surface area contributed by atoms with Crippen LogP contribution in [0.4, 0.5) is 4.79 Å². The summed E-state index contributed by atoms with van der Waals surface area (Å²) in [7, 11) is 1.60. The zero-order valence-electron chi connectivity index (χ0n) is 27.3. The monoisotopic (exact) mass is 639 g/mol. The number of amides is 2. The van der Waals surface area contributed by atoms with Crippen LogP contribution < -0.4 is 15.6 Å². The molecule has 0 saturated carbocycles. The number of fused-ring (bicyclic) bond motifs is 1. The number of likely N-dealkylation sites (tertiary alicyclic amines) is 1. The van der Waals surface area contributed by atoms with Crippen molar-refractivity contribution in [2.75, 3.05) is 26.8 Å². The molecule has 0 aliphatic carbocycles. The van der Waals surface area contributed by atoms with E-state index >= 15 is 0 Å². The molecule has 3 aromatic carbocycles. The van der Waals surface area contributed by atoms with Crippen molar-refractivity contribution in [3.63, 3.8) is 0 Å². The Hall–Kier alpha value is -5.12. The van der Waals surface area contributed by atoms with Crippen LogP contribution in [0.1, 0.15) is 56.0 Å². The van der Waals surface area contributed by atoms with Crippen molar-refractivity contribution in [3.05, 3.63) is 100 Å². The number of nitrogens with zero attached hydrogens (tertiary/aromatic N) is 2. The number of benzene rings is 3.